The molecule has 0 fully saturated rings. The van der Waals surface area contributed by atoms with E-state index in [0.717, 1.165) is 31.6 Å². The Morgan fingerprint density at radius 2 is 2.00 bits per heavy atom. The topological polar surface area (TPSA) is 59.0 Å². The van der Waals surface area contributed by atoms with Gasteiger partial charge in [-0.25, -0.2) is 9.97 Å². The van der Waals surface area contributed by atoms with Gasteiger partial charge in [-0.05, 0) is 60.9 Å². The van der Waals surface area contributed by atoms with Gasteiger partial charge >= 0.3 is 0 Å². The van der Waals surface area contributed by atoms with Gasteiger partial charge in [-0.3, -0.25) is 14.7 Å². The molecule has 0 radical (unpaired) electrons. The first-order chi connectivity index (χ1) is 14.6. The zero-order valence-electron chi connectivity index (χ0n) is 16.5. The van der Waals surface area contributed by atoms with Crippen LogP contribution >= 0.6 is 22.7 Å². The van der Waals surface area contributed by atoms with Crippen molar-refractivity contribution >= 4 is 54.1 Å². The van der Waals surface area contributed by atoms with Crippen LogP contribution in [-0.2, 0) is 6.54 Å². The number of amides is 1. The number of benzene rings is 2. The average Bonchev–Trinajstić information content (AvgIpc) is 3.38. The summed E-state index contributed by atoms with van der Waals surface area (Å²) in [5.74, 6) is -0.0809. The fraction of sp³-hybridized carbons (Fsp3) is 0.130. The Balaban J connectivity index is 1.61. The van der Waals surface area contributed by atoms with E-state index in [4.69, 9.17) is 4.98 Å². The van der Waals surface area contributed by atoms with Crippen molar-refractivity contribution in [3.63, 3.8) is 0 Å². The number of aryl methyl sites for hydroxylation is 2. The van der Waals surface area contributed by atoms with Crippen molar-refractivity contribution in [3.05, 3.63) is 82.6 Å². The molecule has 0 unspecified atom stereocenters. The van der Waals surface area contributed by atoms with Crippen LogP contribution in [0.1, 0.15) is 27.0 Å². The molecule has 0 aliphatic heterocycles. The average molecular weight is 431 g/mol. The summed E-state index contributed by atoms with van der Waals surface area (Å²) in [6, 6.07) is 13.7. The van der Waals surface area contributed by atoms with Crippen molar-refractivity contribution in [2.75, 3.05) is 4.90 Å². The molecule has 7 heteroatoms. The first-order valence-corrected chi connectivity index (χ1v) is 11.2. The number of nitrogens with zero attached hydrogens (tertiary/aromatic N) is 4. The smallest absolute Gasteiger partial charge is 0.260 e. The van der Waals surface area contributed by atoms with Gasteiger partial charge in [0.15, 0.2) is 5.13 Å². The molecule has 0 spiro atoms. The summed E-state index contributed by atoms with van der Waals surface area (Å²) in [7, 11) is 0. The number of hydrogen-bond donors (Lipinski definition) is 0. The first-order valence-electron chi connectivity index (χ1n) is 9.50. The van der Waals surface area contributed by atoms with Crippen molar-refractivity contribution in [1.82, 2.24) is 15.0 Å². The Bertz CT molecular complexity index is 1370. The molecule has 5 rings (SSSR count). The van der Waals surface area contributed by atoms with Crippen molar-refractivity contribution < 1.29 is 4.79 Å². The third-order valence-corrected chi connectivity index (χ3v) is 6.95. The molecule has 0 atom stereocenters. The third-order valence-electron chi connectivity index (χ3n) is 4.93. The second kappa shape index (κ2) is 7.59. The van der Waals surface area contributed by atoms with Gasteiger partial charge in [0.1, 0.15) is 0 Å². The molecule has 0 saturated carbocycles. The van der Waals surface area contributed by atoms with E-state index in [1.165, 1.54) is 16.9 Å². The molecule has 2 aromatic carbocycles. The zero-order valence-corrected chi connectivity index (χ0v) is 18.1. The lowest BCUT2D eigenvalue weighted by Gasteiger charge is -2.20. The van der Waals surface area contributed by atoms with Crippen LogP contribution in [0.4, 0.5) is 5.13 Å². The lowest BCUT2D eigenvalue weighted by molar-refractivity contribution is 0.0985. The maximum absolute atomic E-state index is 13.6. The van der Waals surface area contributed by atoms with Crippen LogP contribution in [-0.4, -0.2) is 20.9 Å². The summed E-state index contributed by atoms with van der Waals surface area (Å²) in [6.45, 7) is 4.56. The van der Waals surface area contributed by atoms with E-state index in [1.807, 2.05) is 30.3 Å². The Labute approximate surface area is 181 Å². The molecular formula is C23H18N4OS2. The number of anilines is 1. The zero-order chi connectivity index (χ0) is 20.7. The van der Waals surface area contributed by atoms with Gasteiger partial charge in [0.2, 0.25) is 0 Å². The fourth-order valence-corrected chi connectivity index (χ4v) is 5.25. The number of hydrogen-bond acceptors (Lipinski definition) is 6. The predicted octanol–water partition coefficient (Wildman–Crippen LogP) is 5.76. The molecule has 0 N–H and O–H groups in total. The Morgan fingerprint density at radius 3 is 2.83 bits per heavy atom. The maximum Gasteiger partial charge on any atom is 0.260 e. The number of fused-ring (bicyclic) bond motifs is 2. The van der Waals surface area contributed by atoms with Crippen LogP contribution in [0, 0.1) is 13.8 Å². The van der Waals surface area contributed by atoms with Crippen LogP contribution in [0.2, 0.25) is 0 Å². The summed E-state index contributed by atoms with van der Waals surface area (Å²) >= 11 is 3.08. The highest BCUT2D eigenvalue weighted by molar-refractivity contribution is 7.22. The van der Waals surface area contributed by atoms with E-state index in [1.54, 1.807) is 34.1 Å². The molecule has 3 heterocycles. The van der Waals surface area contributed by atoms with E-state index in [9.17, 15) is 4.79 Å². The van der Waals surface area contributed by atoms with Gasteiger partial charge in [-0.1, -0.05) is 23.5 Å². The predicted molar refractivity (Wildman–Crippen MR) is 123 cm³/mol. The van der Waals surface area contributed by atoms with Gasteiger partial charge in [0, 0.05) is 18.0 Å². The number of thiazole rings is 2. The molecule has 0 bridgehead atoms. The van der Waals surface area contributed by atoms with Crippen LogP contribution in [0.3, 0.4) is 0 Å². The molecule has 30 heavy (non-hydrogen) atoms. The monoisotopic (exact) mass is 430 g/mol. The second-order valence-corrected chi connectivity index (χ2v) is 9.08. The highest BCUT2D eigenvalue weighted by atomic mass is 32.1. The second-order valence-electron chi connectivity index (χ2n) is 7.21. The summed E-state index contributed by atoms with van der Waals surface area (Å²) in [4.78, 5) is 28.7. The third kappa shape index (κ3) is 3.46. The van der Waals surface area contributed by atoms with Gasteiger partial charge in [0.05, 0.1) is 32.5 Å². The quantitative estimate of drug-likeness (QED) is 0.363. The van der Waals surface area contributed by atoms with Crippen molar-refractivity contribution in [3.8, 4) is 0 Å². The number of carbonyl (C=O) groups excluding carboxylic acids is 1. The van der Waals surface area contributed by atoms with E-state index >= 15 is 0 Å². The van der Waals surface area contributed by atoms with Crippen LogP contribution in [0.15, 0.2) is 60.4 Å². The summed E-state index contributed by atoms with van der Waals surface area (Å²) in [5, 5.41) is 0.692. The van der Waals surface area contributed by atoms with Crippen molar-refractivity contribution in [2.45, 2.75) is 20.4 Å². The number of pyridine rings is 1. The molecular weight excluding hydrogens is 412 g/mol. The first kappa shape index (κ1) is 18.8. The van der Waals surface area contributed by atoms with E-state index in [-0.39, 0.29) is 5.91 Å². The largest absolute Gasteiger partial charge is 0.279 e. The standard InChI is InChI=1S/C23H18N4OS2/c1-14-8-15(2)21-19(9-14)26-23(30-21)27(12-16-4-3-7-24-11-16)22(28)17-5-6-18-20(10-17)29-13-25-18/h3-11,13H,12H2,1-2H3. The summed E-state index contributed by atoms with van der Waals surface area (Å²) in [6.07, 6.45) is 3.52. The highest BCUT2D eigenvalue weighted by Gasteiger charge is 2.23. The molecule has 1 amide bonds. The van der Waals surface area contributed by atoms with Crippen LogP contribution in [0.25, 0.3) is 20.4 Å². The normalized spacial score (nSPS) is 11.3. The minimum absolute atomic E-state index is 0.0809. The molecule has 0 saturated heterocycles. The van der Waals surface area contributed by atoms with E-state index < -0.39 is 0 Å². The highest BCUT2D eigenvalue weighted by Crippen LogP contribution is 2.34. The minimum atomic E-state index is -0.0809. The van der Waals surface area contributed by atoms with Gasteiger partial charge in [-0.2, -0.15) is 0 Å². The van der Waals surface area contributed by atoms with Crippen LogP contribution < -0.4 is 4.90 Å². The number of carbonyl (C=O) groups is 1. The lowest BCUT2D eigenvalue weighted by Crippen LogP contribution is -2.30. The Hall–Kier alpha value is -3.16. The SMILES string of the molecule is Cc1cc(C)c2sc(N(Cc3cccnc3)C(=O)c3ccc4ncsc4c3)nc2c1. The lowest BCUT2D eigenvalue weighted by atomic mass is 10.1. The van der Waals surface area contributed by atoms with E-state index in [2.05, 4.69) is 35.9 Å². The molecule has 3 aromatic heterocycles. The van der Waals surface area contributed by atoms with E-state index in [0.29, 0.717) is 17.2 Å². The number of rotatable bonds is 4. The minimum Gasteiger partial charge on any atom is -0.279 e. The maximum atomic E-state index is 13.6. The van der Waals surface area contributed by atoms with Crippen molar-refractivity contribution in [2.24, 2.45) is 0 Å². The van der Waals surface area contributed by atoms with Crippen molar-refractivity contribution in [1.29, 1.82) is 0 Å². The molecule has 148 valence electrons. The molecule has 0 aliphatic rings. The van der Waals surface area contributed by atoms with Crippen LogP contribution in [0.5, 0.6) is 0 Å². The Kier molecular flexibility index (Phi) is 4.77. The summed E-state index contributed by atoms with van der Waals surface area (Å²) < 4.78 is 2.11. The molecule has 0 aliphatic carbocycles. The number of aromatic nitrogens is 3. The Morgan fingerprint density at radius 1 is 1.10 bits per heavy atom. The fourth-order valence-electron chi connectivity index (χ4n) is 3.52. The summed E-state index contributed by atoms with van der Waals surface area (Å²) in [5.41, 5.74) is 7.55. The van der Waals surface area contributed by atoms with Gasteiger partial charge in [-0.15, -0.1) is 11.3 Å². The van der Waals surface area contributed by atoms with Gasteiger partial charge in [0.25, 0.3) is 5.91 Å². The molecule has 5 aromatic rings. The molecule has 5 nitrogen and oxygen atoms in total. The van der Waals surface area contributed by atoms with Gasteiger partial charge < -0.3 is 0 Å².